The molecule has 12 heteroatoms. The predicted octanol–water partition coefficient (Wildman–Crippen LogP) is 7.97. The van der Waals surface area contributed by atoms with Crippen molar-refractivity contribution in [1.29, 1.82) is 0 Å². The van der Waals surface area contributed by atoms with Crippen LogP contribution in [-0.4, -0.2) is 52.7 Å². The SMILES string of the molecule is CCCCOC(=O)c1ccc(Nc2nc(Nc3ccc(C(=O)OCCCC)cc3)nc(Nc3ccc(C(=O)OCCCC)cc3)n2)cc1. The lowest BCUT2D eigenvalue weighted by atomic mass is 10.2. The van der Waals surface area contributed by atoms with Crippen LogP contribution in [0.4, 0.5) is 34.9 Å². The van der Waals surface area contributed by atoms with Crippen molar-refractivity contribution in [3.05, 3.63) is 89.5 Å². The Hall–Kier alpha value is -5.52. The Morgan fingerprint density at radius 1 is 0.458 bits per heavy atom. The van der Waals surface area contributed by atoms with Gasteiger partial charge < -0.3 is 30.2 Å². The molecule has 0 spiro atoms. The van der Waals surface area contributed by atoms with Gasteiger partial charge in [-0.1, -0.05) is 40.0 Å². The fraction of sp³-hybridized carbons (Fsp3) is 0.333. The number of ether oxygens (including phenoxy) is 3. The van der Waals surface area contributed by atoms with Gasteiger partial charge in [0.1, 0.15) is 0 Å². The second kappa shape index (κ2) is 18.6. The quantitative estimate of drug-likeness (QED) is 0.0541. The molecule has 3 N–H and O–H groups in total. The molecule has 0 atom stereocenters. The highest BCUT2D eigenvalue weighted by molar-refractivity contribution is 5.91. The summed E-state index contributed by atoms with van der Waals surface area (Å²) in [5, 5.41) is 9.46. The summed E-state index contributed by atoms with van der Waals surface area (Å²) in [5.41, 5.74) is 3.23. The van der Waals surface area contributed by atoms with E-state index in [2.05, 4.69) is 30.9 Å². The zero-order valence-corrected chi connectivity index (χ0v) is 27.6. The molecule has 0 aliphatic carbocycles. The van der Waals surface area contributed by atoms with Gasteiger partial charge in [0.05, 0.1) is 36.5 Å². The molecule has 0 saturated heterocycles. The van der Waals surface area contributed by atoms with Crippen molar-refractivity contribution in [2.45, 2.75) is 59.3 Å². The van der Waals surface area contributed by atoms with Gasteiger partial charge in [-0.3, -0.25) is 0 Å². The first-order valence-electron chi connectivity index (χ1n) is 16.3. The summed E-state index contributed by atoms with van der Waals surface area (Å²) in [6.45, 7) is 7.23. The highest BCUT2D eigenvalue weighted by Gasteiger charge is 2.13. The van der Waals surface area contributed by atoms with E-state index in [9.17, 15) is 14.4 Å². The zero-order chi connectivity index (χ0) is 34.1. The smallest absolute Gasteiger partial charge is 0.338 e. The number of nitrogens with one attached hydrogen (secondary N) is 3. The number of rotatable bonds is 18. The lowest BCUT2D eigenvalue weighted by molar-refractivity contribution is 0.0490. The van der Waals surface area contributed by atoms with Crippen LogP contribution in [-0.2, 0) is 14.2 Å². The molecular weight excluding hydrogens is 612 g/mol. The number of hydrogen-bond donors (Lipinski definition) is 3. The summed E-state index contributed by atoms with van der Waals surface area (Å²) in [4.78, 5) is 50.5. The molecule has 4 aromatic rings. The van der Waals surface area contributed by atoms with Crippen molar-refractivity contribution in [2.75, 3.05) is 35.8 Å². The van der Waals surface area contributed by atoms with Gasteiger partial charge in [0, 0.05) is 17.1 Å². The van der Waals surface area contributed by atoms with E-state index in [1.807, 2.05) is 20.8 Å². The molecule has 1 aromatic heterocycles. The maximum Gasteiger partial charge on any atom is 0.338 e. The minimum Gasteiger partial charge on any atom is -0.462 e. The van der Waals surface area contributed by atoms with Gasteiger partial charge in [-0.15, -0.1) is 0 Å². The van der Waals surface area contributed by atoms with Crippen molar-refractivity contribution < 1.29 is 28.6 Å². The van der Waals surface area contributed by atoms with Gasteiger partial charge in [0.15, 0.2) is 0 Å². The Balaban J connectivity index is 1.52. The fourth-order valence-electron chi connectivity index (χ4n) is 4.18. The van der Waals surface area contributed by atoms with Gasteiger partial charge in [-0.25, -0.2) is 14.4 Å². The van der Waals surface area contributed by atoms with E-state index in [-0.39, 0.29) is 35.8 Å². The van der Waals surface area contributed by atoms with Gasteiger partial charge in [0.25, 0.3) is 0 Å². The molecular formula is C36H42N6O6. The van der Waals surface area contributed by atoms with E-state index in [1.165, 1.54) is 0 Å². The first-order chi connectivity index (χ1) is 23.4. The first-order valence-corrected chi connectivity index (χ1v) is 16.3. The molecule has 0 unspecified atom stereocenters. The Labute approximate surface area is 280 Å². The van der Waals surface area contributed by atoms with E-state index in [4.69, 9.17) is 14.2 Å². The number of carbonyl (C=O) groups excluding carboxylic acids is 3. The minimum atomic E-state index is -0.381. The lowest BCUT2D eigenvalue weighted by Gasteiger charge is -2.12. The first kappa shape index (κ1) is 35.3. The molecule has 4 rings (SSSR count). The Kier molecular flexibility index (Phi) is 13.7. The molecule has 0 radical (unpaired) electrons. The largest absolute Gasteiger partial charge is 0.462 e. The topological polar surface area (TPSA) is 154 Å². The molecule has 3 aromatic carbocycles. The van der Waals surface area contributed by atoms with Crippen LogP contribution in [0.3, 0.4) is 0 Å². The molecule has 0 fully saturated rings. The summed E-state index contributed by atoms with van der Waals surface area (Å²) in [6.07, 6.45) is 5.24. The monoisotopic (exact) mass is 654 g/mol. The molecule has 48 heavy (non-hydrogen) atoms. The van der Waals surface area contributed by atoms with Crippen LogP contribution in [0.25, 0.3) is 0 Å². The van der Waals surface area contributed by atoms with Crippen LogP contribution < -0.4 is 16.0 Å². The van der Waals surface area contributed by atoms with Crippen molar-refractivity contribution in [1.82, 2.24) is 15.0 Å². The minimum absolute atomic E-state index is 0.223. The van der Waals surface area contributed by atoms with Crippen LogP contribution in [0.15, 0.2) is 72.8 Å². The third kappa shape index (κ3) is 11.1. The molecule has 1 heterocycles. The normalized spacial score (nSPS) is 10.6. The van der Waals surface area contributed by atoms with Crippen LogP contribution in [0.1, 0.15) is 90.4 Å². The molecule has 0 saturated carbocycles. The molecule has 0 bridgehead atoms. The summed E-state index contributed by atoms with van der Waals surface area (Å²) in [6, 6.07) is 20.4. The summed E-state index contributed by atoms with van der Waals surface area (Å²) in [7, 11) is 0. The fourth-order valence-corrected chi connectivity index (χ4v) is 4.18. The highest BCUT2D eigenvalue weighted by Crippen LogP contribution is 2.22. The van der Waals surface area contributed by atoms with E-state index in [0.717, 1.165) is 38.5 Å². The van der Waals surface area contributed by atoms with Crippen molar-refractivity contribution in [3.63, 3.8) is 0 Å². The highest BCUT2D eigenvalue weighted by atomic mass is 16.5. The van der Waals surface area contributed by atoms with Crippen LogP contribution >= 0.6 is 0 Å². The van der Waals surface area contributed by atoms with E-state index < -0.39 is 0 Å². The number of nitrogens with zero attached hydrogens (tertiary/aromatic N) is 3. The standard InChI is InChI=1S/C36H42N6O6/c1-4-7-22-46-31(43)25-10-16-28(17-11-25)37-34-40-35(38-29-18-12-26(13-19-29)32(44)47-23-8-5-2)42-36(41-34)39-30-20-14-27(15-21-30)33(45)48-24-9-6-3/h10-21H,4-9,22-24H2,1-3H3,(H3,37,38,39,40,41,42). The number of aromatic nitrogens is 3. The van der Waals surface area contributed by atoms with Gasteiger partial charge in [-0.2, -0.15) is 15.0 Å². The summed E-state index contributed by atoms with van der Waals surface area (Å²) in [5.74, 6) is -0.475. The van der Waals surface area contributed by atoms with E-state index >= 15 is 0 Å². The number of unbranched alkanes of at least 4 members (excludes halogenated alkanes) is 3. The van der Waals surface area contributed by atoms with Crippen LogP contribution in [0.2, 0.25) is 0 Å². The third-order valence-corrected chi connectivity index (χ3v) is 6.96. The molecule has 0 amide bonds. The Morgan fingerprint density at radius 3 is 0.938 bits per heavy atom. The second-order valence-electron chi connectivity index (χ2n) is 10.9. The molecule has 0 aliphatic heterocycles. The third-order valence-electron chi connectivity index (χ3n) is 6.96. The number of carbonyl (C=O) groups is 3. The van der Waals surface area contributed by atoms with Crippen molar-refractivity contribution in [3.8, 4) is 0 Å². The average molecular weight is 655 g/mol. The average Bonchev–Trinajstić information content (AvgIpc) is 3.09. The molecule has 12 nitrogen and oxygen atoms in total. The maximum atomic E-state index is 12.3. The van der Waals surface area contributed by atoms with Gasteiger partial charge in [-0.05, 0) is 92.1 Å². The number of benzene rings is 3. The van der Waals surface area contributed by atoms with Crippen LogP contribution in [0, 0.1) is 0 Å². The second-order valence-corrected chi connectivity index (χ2v) is 10.9. The molecule has 252 valence electrons. The number of anilines is 6. The predicted molar refractivity (Wildman–Crippen MR) is 185 cm³/mol. The Bertz CT molecular complexity index is 1420. The van der Waals surface area contributed by atoms with E-state index in [1.54, 1.807) is 72.8 Å². The van der Waals surface area contributed by atoms with Gasteiger partial charge >= 0.3 is 17.9 Å². The zero-order valence-electron chi connectivity index (χ0n) is 27.6. The Morgan fingerprint density at radius 2 is 0.708 bits per heavy atom. The molecule has 0 aliphatic rings. The maximum absolute atomic E-state index is 12.3. The number of esters is 3. The number of hydrogen-bond acceptors (Lipinski definition) is 12. The van der Waals surface area contributed by atoms with E-state index in [0.29, 0.717) is 53.6 Å². The van der Waals surface area contributed by atoms with Gasteiger partial charge in [0.2, 0.25) is 17.8 Å². The lowest BCUT2D eigenvalue weighted by Crippen LogP contribution is -2.09. The summed E-state index contributed by atoms with van der Waals surface area (Å²) < 4.78 is 15.9. The van der Waals surface area contributed by atoms with Crippen LogP contribution in [0.5, 0.6) is 0 Å². The summed E-state index contributed by atoms with van der Waals surface area (Å²) >= 11 is 0. The van der Waals surface area contributed by atoms with Crippen molar-refractivity contribution >= 4 is 52.8 Å². The van der Waals surface area contributed by atoms with Crippen molar-refractivity contribution in [2.24, 2.45) is 0 Å².